The van der Waals surface area contributed by atoms with E-state index in [1.165, 1.54) is 0 Å². The van der Waals surface area contributed by atoms with Crippen LogP contribution in [-0.4, -0.2) is 35.9 Å². The average Bonchev–Trinajstić information content (AvgIpc) is 3.19. The summed E-state index contributed by atoms with van der Waals surface area (Å²) in [5.74, 6) is 1.63. The molecule has 4 rings (SSSR count). The van der Waals surface area contributed by atoms with Gasteiger partial charge < -0.3 is 4.90 Å². The zero-order chi connectivity index (χ0) is 16.1. The number of halogens is 1. The third-order valence-corrected chi connectivity index (χ3v) is 4.89. The van der Waals surface area contributed by atoms with E-state index >= 15 is 0 Å². The first-order chi connectivity index (χ1) is 11.1. The summed E-state index contributed by atoms with van der Waals surface area (Å²) in [6.07, 6.45) is 3.69. The molecule has 0 aromatic carbocycles. The first kappa shape index (κ1) is 14.4. The molecule has 120 valence electrons. The molecule has 0 radical (unpaired) electrons. The van der Waals surface area contributed by atoms with Crippen molar-refractivity contribution >= 4 is 23.2 Å². The molecule has 0 saturated carbocycles. The van der Waals surface area contributed by atoms with Crippen molar-refractivity contribution in [2.24, 2.45) is 7.05 Å². The van der Waals surface area contributed by atoms with E-state index in [1.807, 2.05) is 20.9 Å². The van der Waals surface area contributed by atoms with Gasteiger partial charge in [0.25, 0.3) is 5.78 Å². The van der Waals surface area contributed by atoms with Crippen molar-refractivity contribution in [2.45, 2.75) is 32.7 Å². The highest BCUT2D eigenvalue weighted by Gasteiger charge is 2.32. The van der Waals surface area contributed by atoms with E-state index < -0.39 is 0 Å². The summed E-state index contributed by atoms with van der Waals surface area (Å²) < 4.78 is 3.54. The van der Waals surface area contributed by atoms with Crippen LogP contribution >= 0.6 is 11.6 Å². The maximum Gasteiger partial charge on any atom is 0.254 e. The standard InChI is InChI=1S/C15H18ClN7/c1-9-7-12(23-15(19-9)17-8-18-23)22-6-4-5-11(22)13-10(2)20-21(3)14(13)16/h7-8,11H,4-6H2,1-3H3. The molecule has 1 unspecified atom stereocenters. The summed E-state index contributed by atoms with van der Waals surface area (Å²) in [5.41, 5.74) is 3.02. The maximum absolute atomic E-state index is 6.50. The highest BCUT2D eigenvalue weighted by atomic mass is 35.5. The van der Waals surface area contributed by atoms with Gasteiger partial charge in [0, 0.05) is 30.9 Å². The van der Waals surface area contributed by atoms with Crippen molar-refractivity contribution in [2.75, 3.05) is 11.4 Å². The summed E-state index contributed by atoms with van der Waals surface area (Å²) >= 11 is 6.50. The molecule has 0 aliphatic carbocycles. The van der Waals surface area contributed by atoms with Crippen LogP contribution in [0, 0.1) is 13.8 Å². The molecule has 0 N–H and O–H groups in total. The number of aryl methyl sites for hydroxylation is 3. The number of hydrogen-bond acceptors (Lipinski definition) is 5. The zero-order valence-electron chi connectivity index (χ0n) is 13.4. The van der Waals surface area contributed by atoms with Crippen LogP contribution in [0.1, 0.15) is 35.8 Å². The lowest BCUT2D eigenvalue weighted by molar-refractivity contribution is 0.692. The molecule has 3 aromatic heterocycles. The Hall–Kier alpha value is -2.15. The minimum atomic E-state index is 0.199. The lowest BCUT2D eigenvalue weighted by Crippen LogP contribution is -2.26. The second-order valence-electron chi connectivity index (χ2n) is 5.99. The molecule has 0 spiro atoms. The molecule has 1 aliphatic rings. The van der Waals surface area contributed by atoms with E-state index in [0.717, 1.165) is 42.2 Å². The van der Waals surface area contributed by atoms with Crippen molar-refractivity contribution < 1.29 is 0 Å². The summed E-state index contributed by atoms with van der Waals surface area (Å²) in [5, 5.41) is 9.50. The smallest absolute Gasteiger partial charge is 0.254 e. The Morgan fingerprint density at radius 2 is 2.13 bits per heavy atom. The Morgan fingerprint density at radius 1 is 1.30 bits per heavy atom. The third kappa shape index (κ3) is 2.18. The first-order valence-corrected chi connectivity index (χ1v) is 8.07. The summed E-state index contributed by atoms with van der Waals surface area (Å²) in [4.78, 5) is 11.0. The van der Waals surface area contributed by atoms with Gasteiger partial charge in [0.15, 0.2) is 0 Å². The maximum atomic E-state index is 6.50. The van der Waals surface area contributed by atoms with Crippen molar-refractivity contribution in [1.82, 2.24) is 29.4 Å². The molecule has 7 nitrogen and oxygen atoms in total. The molecule has 1 atom stereocenters. The number of fused-ring (bicyclic) bond motifs is 1. The lowest BCUT2D eigenvalue weighted by Gasteiger charge is -2.27. The minimum Gasteiger partial charge on any atom is -0.349 e. The normalized spacial score (nSPS) is 18.3. The fourth-order valence-electron chi connectivity index (χ4n) is 3.48. The molecule has 8 heteroatoms. The summed E-state index contributed by atoms with van der Waals surface area (Å²) in [6, 6.07) is 2.25. The van der Waals surface area contributed by atoms with Gasteiger partial charge in [-0.1, -0.05) is 11.6 Å². The van der Waals surface area contributed by atoms with Gasteiger partial charge >= 0.3 is 0 Å². The predicted octanol–water partition coefficient (Wildman–Crippen LogP) is 2.47. The van der Waals surface area contributed by atoms with Gasteiger partial charge in [-0.05, 0) is 26.7 Å². The van der Waals surface area contributed by atoms with Gasteiger partial charge in [-0.2, -0.15) is 19.7 Å². The molecular weight excluding hydrogens is 314 g/mol. The van der Waals surface area contributed by atoms with E-state index in [-0.39, 0.29) is 6.04 Å². The van der Waals surface area contributed by atoms with Crippen molar-refractivity contribution in [3.05, 3.63) is 34.5 Å². The molecule has 1 aliphatic heterocycles. The average molecular weight is 332 g/mol. The van der Waals surface area contributed by atoms with Crippen LogP contribution in [0.3, 0.4) is 0 Å². The molecule has 1 fully saturated rings. The Balaban J connectivity index is 1.85. The number of hydrogen-bond donors (Lipinski definition) is 0. The molecule has 1 saturated heterocycles. The van der Waals surface area contributed by atoms with Gasteiger partial charge in [-0.25, -0.2) is 4.98 Å². The van der Waals surface area contributed by atoms with Gasteiger partial charge in [-0.15, -0.1) is 0 Å². The van der Waals surface area contributed by atoms with Gasteiger partial charge in [0.2, 0.25) is 0 Å². The quantitative estimate of drug-likeness (QED) is 0.721. The van der Waals surface area contributed by atoms with Gasteiger partial charge in [0.1, 0.15) is 17.3 Å². The van der Waals surface area contributed by atoms with Crippen LogP contribution in [0.5, 0.6) is 0 Å². The van der Waals surface area contributed by atoms with Crippen molar-refractivity contribution in [3.63, 3.8) is 0 Å². The number of aromatic nitrogens is 6. The highest BCUT2D eigenvalue weighted by molar-refractivity contribution is 6.30. The summed E-state index contributed by atoms with van der Waals surface area (Å²) in [7, 11) is 1.88. The second kappa shape index (κ2) is 5.19. The van der Waals surface area contributed by atoms with Crippen molar-refractivity contribution in [3.8, 4) is 0 Å². The zero-order valence-corrected chi connectivity index (χ0v) is 14.1. The predicted molar refractivity (Wildman–Crippen MR) is 87.8 cm³/mol. The van der Waals surface area contributed by atoms with E-state index in [9.17, 15) is 0 Å². The second-order valence-corrected chi connectivity index (χ2v) is 6.35. The molecular formula is C15H18ClN7. The van der Waals surface area contributed by atoms with Crippen LogP contribution in [-0.2, 0) is 7.05 Å². The van der Waals surface area contributed by atoms with E-state index in [0.29, 0.717) is 10.9 Å². The van der Waals surface area contributed by atoms with Crippen LogP contribution in [0.25, 0.3) is 5.78 Å². The fraction of sp³-hybridized carbons (Fsp3) is 0.467. The van der Waals surface area contributed by atoms with E-state index in [4.69, 9.17) is 11.6 Å². The third-order valence-electron chi connectivity index (χ3n) is 4.44. The van der Waals surface area contributed by atoms with Crippen LogP contribution in [0.2, 0.25) is 5.15 Å². The first-order valence-electron chi connectivity index (χ1n) is 7.69. The molecule has 4 heterocycles. The Morgan fingerprint density at radius 3 is 2.87 bits per heavy atom. The monoisotopic (exact) mass is 331 g/mol. The van der Waals surface area contributed by atoms with Gasteiger partial charge in [-0.3, -0.25) is 4.68 Å². The van der Waals surface area contributed by atoms with E-state index in [2.05, 4.69) is 31.1 Å². The molecule has 0 bridgehead atoms. The number of nitrogens with zero attached hydrogens (tertiary/aromatic N) is 7. The SMILES string of the molecule is Cc1cc(N2CCCC2c2c(C)nn(C)c2Cl)n2ncnc2n1. The Kier molecular flexibility index (Phi) is 3.26. The molecule has 0 amide bonds. The number of anilines is 1. The lowest BCUT2D eigenvalue weighted by atomic mass is 10.1. The largest absolute Gasteiger partial charge is 0.349 e. The minimum absolute atomic E-state index is 0.199. The van der Waals surface area contributed by atoms with Gasteiger partial charge in [0.05, 0.1) is 11.7 Å². The topological polar surface area (TPSA) is 64.1 Å². The van der Waals surface area contributed by atoms with Crippen LogP contribution in [0.4, 0.5) is 5.82 Å². The van der Waals surface area contributed by atoms with Crippen molar-refractivity contribution in [1.29, 1.82) is 0 Å². The summed E-state index contributed by atoms with van der Waals surface area (Å²) in [6.45, 7) is 4.94. The highest BCUT2D eigenvalue weighted by Crippen LogP contribution is 2.40. The van der Waals surface area contributed by atoms with Crippen LogP contribution in [0.15, 0.2) is 12.4 Å². The Bertz CT molecular complexity index is 881. The molecule has 3 aromatic rings. The Labute approximate surface area is 138 Å². The van der Waals surface area contributed by atoms with Crippen LogP contribution < -0.4 is 4.90 Å². The van der Waals surface area contributed by atoms with E-state index in [1.54, 1.807) is 15.5 Å². The molecule has 23 heavy (non-hydrogen) atoms. The number of rotatable bonds is 2. The fourth-order valence-corrected chi connectivity index (χ4v) is 3.78.